The Balaban J connectivity index is 2.02. The smallest absolute Gasteiger partial charge is 0.128 e. The molecule has 0 aromatic heterocycles. The monoisotopic (exact) mass is 347 g/mol. The molecule has 0 bridgehead atoms. The van der Waals surface area contributed by atoms with Crippen molar-refractivity contribution in [2.24, 2.45) is 5.73 Å². The lowest BCUT2D eigenvalue weighted by atomic mass is 10.1. The van der Waals surface area contributed by atoms with Gasteiger partial charge in [0.15, 0.2) is 0 Å². The highest BCUT2D eigenvalue weighted by Crippen LogP contribution is 2.27. The zero-order valence-corrected chi connectivity index (χ0v) is 14.0. The maximum atomic E-state index is 5.89. The zero-order chi connectivity index (χ0) is 15.1. The Morgan fingerprint density at radius 2 is 1.71 bits per heavy atom. The Hall–Kier alpha value is -1.32. The Kier molecular flexibility index (Phi) is 6.27. The lowest BCUT2D eigenvalue weighted by Crippen LogP contribution is -2.03. The summed E-state index contributed by atoms with van der Waals surface area (Å²) < 4.78 is 6.94. The van der Waals surface area contributed by atoms with Gasteiger partial charge in [0.2, 0.25) is 0 Å². The summed E-state index contributed by atoms with van der Waals surface area (Å²) >= 11 is 3.57. The highest BCUT2D eigenvalue weighted by atomic mass is 79.9. The summed E-state index contributed by atoms with van der Waals surface area (Å²) in [4.78, 5) is 0. The first-order chi connectivity index (χ1) is 10.2. The van der Waals surface area contributed by atoms with Crippen LogP contribution in [0.15, 0.2) is 46.9 Å². The largest absolute Gasteiger partial charge is 0.457 e. The second kappa shape index (κ2) is 8.20. The average Bonchev–Trinajstić information content (AvgIpc) is 2.49. The molecule has 0 aliphatic carbocycles. The highest BCUT2D eigenvalue weighted by Gasteiger charge is 2.03. The lowest BCUT2D eigenvalue weighted by Gasteiger charge is -2.09. The SMILES string of the molecule is CCCCc1ccc(Oc2ccc(CCN)c(Br)c2)cc1. The molecule has 0 radical (unpaired) electrons. The van der Waals surface area contributed by atoms with E-state index in [2.05, 4.69) is 41.1 Å². The van der Waals surface area contributed by atoms with E-state index >= 15 is 0 Å². The van der Waals surface area contributed by atoms with Crippen LogP contribution >= 0.6 is 15.9 Å². The van der Waals surface area contributed by atoms with Crippen molar-refractivity contribution in [3.8, 4) is 11.5 Å². The maximum Gasteiger partial charge on any atom is 0.128 e. The van der Waals surface area contributed by atoms with Gasteiger partial charge in [0, 0.05) is 4.47 Å². The predicted octanol–water partition coefficient (Wildman–Crippen LogP) is 5.09. The van der Waals surface area contributed by atoms with Gasteiger partial charge in [0.25, 0.3) is 0 Å². The number of aryl methyl sites for hydroxylation is 1. The van der Waals surface area contributed by atoms with Crippen molar-refractivity contribution in [3.63, 3.8) is 0 Å². The third-order valence-corrected chi connectivity index (χ3v) is 4.15. The van der Waals surface area contributed by atoms with Crippen LogP contribution in [0.25, 0.3) is 0 Å². The third kappa shape index (κ3) is 4.87. The van der Waals surface area contributed by atoms with Crippen molar-refractivity contribution in [2.45, 2.75) is 32.6 Å². The van der Waals surface area contributed by atoms with E-state index < -0.39 is 0 Å². The van der Waals surface area contributed by atoms with E-state index in [1.165, 1.54) is 24.0 Å². The molecule has 0 aliphatic rings. The summed E-state index contributed by atoms with van der Waals surface area (Å²) in [7, 11) is 0. The van der Waals surface area contributed by atoms with E-state index in [0.717, 1.165) is 28.8 Å². The van der Waals surface area contributed by atoms with Crippen LogP contribution < -0.4 is 10.5 Å². The summed E-state index contributed by atoms with van der Waals surface area (Å²) in [5, 5.41) is 0. The molecule has 0 aliphatic heterocycles. The summed E-state index contributed by atoms with van der Waals surface area (Å²) in [6.07, 6.45) is 4.46. The average molecular weight is 348 g/mol. The molecular weight excluding hydrogens is 326 g/mol. The van der Waals surface area contributed by atoms with Crippen LogP contribution in [0.3, 0.4) is 0 Å². The van der Waals surface area contributed by atoms with E-state index in [0.29, 0.717) is 6.54 Å². The van der Waals surface area contributed by atoms with Crippen molar-refractivity contribution >= 4 is 15.9 Å². The van der Waals surface area contributed by atoms with Crippen LogP contribution in [0, 0.1) is 0 Å². The molecule has 21 heavy (non-hydrogen) atoms. The molecule has 2 rings (SSSR count). The summed E-state index contributed by atoms with van der Waals surface area (Å²) in [5.74, 6) is 1.71. The number of halogens is 1. The quantitative estimate of drug-likeness (QED) is 0.757. The first-order valence-electron chi connectivity index (χ1n) is 7.48. The van der Waals surface area contributed by atoms with Crippen LogP contribution in [0.1, 0.15) is 30.9 Å². The van der Waals surface area contributed by atoms with Gasteiger partial charge >= 0.3 is 0 Å². The number of benzene rings is 2. The van der Waals surface area contributed by atoms with Crippen molar-refractivity contribution in [3.05, 3.63) is 58.1 Å². The standard InChI is InChI=1S/C18H22BrNO/c1-2-3-4-14-5-8-16(9-6-14)21-17-10-7-15(11-12-20)18(19)13-17/h5-10,13H,2-4,11-12,20H2,1H3. The van der Waals surface area contributed by atoms with Crippen molar-refractivity contribution in [2.75, 3.05) is 6.54 Å². The van der Waals surface area contributed by atoms with Crippen LogP contribution in [0.5, 0.6) is 11.5 Å². The first kappa shape index (κ1) is 16.1. The molecule has 2 aromatic carbocycles. The topological polar surface area (TPSA) is 35.2 Å². The van der Waals surface area contributed by atoms with Crippen LogP contribution in [0.4, 0.5) is 0 Å². The fourth-order valence-corrected chi connectivity index (χ4v) is 2.75. The van der Waals surface area contributed by atoms with Gasteiger partial charge in [-0.2, -0.15) is 0 Å². The van der Waals surface area contributed by atoms with Gasteiger partial charge in [0.05, 0.1) is 0 Å². The fourth-order valence-electron chi connectivity index (χ4n) is 2.19. The van der Waals surface area contributed by atoms with E-state index in [-0.39, 0.29) is 0 Å². The number of hydrogen-bond donors (Lipinski definition) is 1. The molecule has 0 fully saturated rings. The molecule has 0 unspecified atom stereocenters. The second-order valence-corrected chi connectivity index (χ2v) is 6.00. The van der Waals surface area contributed by atoms with Crippen molar-refractivity contribution < 1.29 is 4.74 Å². The first-order valence-corrected chi connectivity index (χ1v) is 8.27. The molecule has 0 spiro atoms. The van der Waals surface area contributed by atoms with Gasteiger partial charge in [-0.15, -0.1) is 0 Å². The molecule has 0 atom stereocenters. The van der Waals surface area contributed by atoms with Gasteiger partial charge in [-0.3, -0.25) is 0 Å². The van der Waals surface area contributed by atoms with Gasteiger partial charge in [-0.05, 0) is 61.2 Å². The Morgan fingerprint density at radius 1 is 1.00 bits per heavy atom. The molecule has 112 valence electrons. The Morgan fingerprint density at radius 3 is 2.33 bits per heavy atom. The minimum atomic E-state index is 0.651. The predicted molar refractivity (Wildman–Crippen MR) is 92.0 cm³/mol. The Labute approximate surface area is 135 Å². The fraction of sp³-hybridized carbons (Fsp3) is 0.333. The van der Waals surface area contributed by atoms with E-state index in [4.69, 9.17) is 10.5 Å². The van der Waals surface area contributed by atoms with Crippen LogP contribution in [0.2, 0.25) is 0 Å². The molecule has 2 aromatic rings. The second-order valence-electron chi connectivity index (χ2n) is 5.14. The molecule has 0 amide bonds. The van der Waals surface area contributed by atoms with Crippen LogP contribution in [-0.2, 0) is 12.8 Å². The highest BCUT2D eigenvalue weighted by molar-refractivity contribution is 9.10. The Bertz CT molecular complexity index is 566. The summed E-state index contributed by atoms with van der Waals surface area (Å²) in [6.45, 7) is 2.86. The minimum Gasteiger partial charge on any atom is -0.457 e. The van der Waals surface area contributed by atoms with Gasteiger partial charge in [-0.25, -0.2) is 0 Å². The lowest BCUT2D eigenvalue weighted by molar-refractivity contribution is 0.482. The van der Waals surface area contributed by atoms with Crippen LogP contribution in [-0.4, -0.2) is 6.54 Å². The third-order valence-electron chi connectivity index (χ3n) is 3.42. The van der Waals surface area contributed by atoms with Gasteiger partial charge < -0.3 is 10.5 Å². The molecule has 0 saturated heterocycles. The van der Waals surface area contributed by atoms with Gasteiger partial charge in [0.1, 0.15) is 11.5 Å². The molecule has 3 heteroatoms. The van der Waals surface area contributed by atoms with Crippen molar-refractivity contribution in [1.82, 2.24) is 0 Å². The molecule has 2 N–H and O–H groups in total. The number of hydrogen-bond acceptors (Lipinski definition) is 2. The zero-order valence-electron chi connectivity index (χ0n) is 12.4. The summed E-state index contributed by atoms with van der Waals surface area (Å²) in [5.41, 5.74) is 8.16. The summed E-state index contributed by atoms with van der Waals surface area (Å²) in [6, 6.07) is 14.4. The maximum absolute atomic E-state index is 5.89. The normalized spacial score (nSPS) is 10.6. The van der Waals surface area contributed by atoms with E-state index in [1.54, 1.807) is 0 Å². The molecule has 2 nitrogen and oxygen atoms in total. The molecular formula is C18H22BrNO. The number of ether oxygens (including phenoxy) is 1. The van der Waals surface area contributed by atoms with E-state index in [1.807, 2.05) is 24.3 Å². The number of unbranched alkanes of at least 4 members (excludes halogenated alkanes) is 1. The molecule has 0 heterocycles. The molecule has 0 saturated carbocycles. The van der Waals surface area contributed by atoms with E-state index in [9.17, 15) is 0 Å². The minimum absolute atomic E-state index is 0.651. The number of nitrogens with two attached hydrogens (primary N) is 1. The number of rotatable bonds is 7. The van der Waals surface area contributed by atoms with Gasteiger partial charge in [-0.1, -0.05) is 47.5 Å². The van der Waals surface area contributed by atoms with Crippen molar-refractivity contribution in [1.29, 1.82) is 0 Å².